The van der Waals surface area contributed by atoms with Gasteiger partial charge < -0.3 is 20.5 Å². The van der Waals surface area contributed by atoms with Crippen molar-refractivity contribution >= 4 is 18.2 Å². The Morgan fingerprint density at radius 1 is 1.36 bits per heavy atom. The number of benzene rings is 1. The number of imidazole rings is 1. The Bertz CT molecular complexity index is 793. The van der Waals surface area contributed by atoms with Crippen molar-refractivity contribution in [3.05, 3.63) is 54.1 Å². The van der Waals surface area contributed by atoms with Gasteiger partial charge in [0.1, 0.15) is 12.2 Å². The first kappa shape index (κ1) is 19.6. The summed E-state index contributed by atoms with van der Waals surface area (Å²) in [6, 6.07) is 9.03. The van der Waals surface area contributed by atoms with Crippen LogP contribution in [0.25, 0.3) is 0 Å². The summed E-state index contributed by atoms with van der Waals surface area (Å²) in [6.07, 6.45) is 5.13. The second-order valence-corrected chi connectivity index (χ2v) is 7.07. The van der Waals surface area contributed by atoms with Crippen LogP contribution in [0.2, 0.25) is 0 Å². The molecule has 3 rings (SSSR count). The van der Waals surface area contributed by atoms with Gasteiger partial charge in [-0.1, -0.05) is 30.3 Å². The average molecular weight is 383 g/mol. The van der Waals surface area contributed by atoms with Crippen LogP contribution in [0.3, 0.4) is 0 Å². The Morgan fingerprint density at radius 3 is 2.75 bits per heavy atom. The Hall–Kier alpha value is -3.16. The maximum Gasteiger partial charge on any atom is 0.243 e. The Labute approximate surface area is 163 Å². The average Bonchev–Trinajstić information content (AvgIpc) is 3.34. The zero-order valence-corrected chi connectivity index (χ0v) is 15.8. The van der Waals surface area contributed by atoms with Gasteiger partial charge in [0.25, 0.3) is 0 Å². The maximum atomic E-state index is 13.1. The minimum Gasteiger partial charge on any atom is -0.352 e. The molecule has 0 radical (unpaired) electrons. The maximum absolute atomic E-state index is 13.1. The topological polar surface area (TPSA) is 107 Å². The summed E-state index contributed by atoms with van der Waals surface area (Å²) in [4.78, 5) is 44.8. The van der Waals surface area contributed by atoms with Crippen molar-refractivity contribution in [2.24, 2.45) is 0 Å². The molecule has 3 atom stereocenters. The van der Waals surface area contributed by atoms with E-state index in [0.29, 0.717) is 25.7 Å². The van der Waals surface area contributed by atoms with Crippen molar-refractivity contribution in [2.75, 3.05) is 0 Å². The highest BCUT2D eigenvalue weighted by Gasteiger charge is 2.35. The van der Waals surface area contributed by atoms with Gasteiger partial charge in [0.2, 0.25) is 18.2 Å². The zero-order chi connectivity index (χ0) is 19.9. The summed E-state index contributed by atoms with van der Waals surface area (Å²) in [5.74, 6) is -0.374. The number of carbonyl (C=O) groups is 3. The highest BCUT2D eigenvalue weighted by atomic mass is 16.2. The van der Waals surface area contributed by atoms with Crippen LogP contribution in [0.1, 0.15) is 31.0 Å². The van der Waals surface area contributed by atoms with Gasteiger partial charge in [-0.15, -0.1) is 0 Å². The molecule has 8 heteroatoms. The fraction of sp³-hybridized carbons (Fsp3) is 0.400. The molecule has 148 valence electrons. The summed E-state index contributed by atoms with van der Waals surface area (Å²) in [5, 5.41) is 5.77. The lowest BCUT2D eigenvalue weighted by atomic mass is 10.0. The Morgan fingerprint density at radius 2 is 2.14 bits per heavy atom. The van der Waals surface area contributed by atoms with E-state index in [4.69, 9.17) is 0 Å². The van der Waals surface area contributed by atoms with Gasteiger partial charge in [0.15, 0.2) is 0 Å². The van der Waals surface area contributed by atoms with Gasteiger partial charge in [0.05, 0.1) is 6.33 Å². The molecule has 3 unspecified atom stereocenters. The molecule has 28 heavy (non-hydrogen) atoms. The monoisotopic (exact) mass is 383 g/mol. The van der Waals surface area contributed by atoms with Crippen molar-refractivity contribution in [2.45, 2.75) is 50.9 Å². The predicted molar refractivity (Wildman–Crippen MR) is 103 cm³/mol. The molecule has 0 spiro atoms. The van der Waals surface area contributed by atoms with Gasteiger partial charge in [0, 0.05) is 30.8 Å². The molecule has 1 saturated heterocycles. The summed E-state index contributed by atoms with van der Waals surface area (Å²) in [6.45, 7) is 1.93. The molecule has 2 heterocycles. The van der Waals surface area contributed by atoms with Crippen molar-refractivity contribution < 1.29 is 14.4 Å². The van der Waals surface area contributed by atoms with Gasteiger partial charge in [-0.25, -0.2) is 4.98 Å². The van der Waals surface area contributed by atoms with Gasteiger partial charge in [-0.05, 0) is 25.3 Å². The number of nitrogens with zero attached hydrogens (tertiary/aromatic N) is 2. The standard InChI is InChI=1S/C20H25N5O3/c1-14(9-15-5-3-2-4-6-15)23-20(28)17(10-16-11-21-12-22-16)25(13-26)18-7-8-19(27)24-18/h2-6,11-14,17-18H,7-10H2,1H3,(H,21,22)(H,23,28)(H,24,27). The summed E-state index contributed by atoms with van der Waals surface area (Å²) in [5.41, 5.74) is 1.86. The van der Waals surface area contributed by atoms with Crippen LogP contribution in [0, 0.1) is 0 Å². The van der Waals surface area contributed by atoms with Crippen LogP contribution in [-0.4, -0.2) is 51.3 Å². The number of hydrogen-bond acceptors (Lipinski definition) is 4. The number of hydrogen-bond donors (Lipinski definition) is 3. The lowest BCUT2D eigenvalue weighted by molar-refractivity contribution is -0.136. The van der Waals surface area contributed by atoms with Gasteiger partial charge in [-0.3, -0.25) is 14.4 Å². The van der Waals surface area contributed by atoms with E-state index in [2.05, 4.69) is 20.6 Å². The summed E-state index contributed by atoms with van der Waals surface area (Å²) < 4.78 is 0. The normalized spacial score (nSPS) is 18.2. The third-order valence-corrected chi connectivity index (χ3v) is 4.86. The molecule has 1 fully saturated rings. The van der Waals surface area contributed by atoms with E-state index in [9.17, 15) is 14.4 Å². The summed E-state index contributed by atoms with van der Waals surface area (Å²) >= 11 is 0. The smallest absolute Gasteiger partial charge is 0.243 e. The molecule has 8 nitrogen and oxygen atoms in total. The molecule has 0 aliphatic carbocycles. The third kappa shape index (κ3) is 4.97. The van der Waals surface area contributed by atoms with Gasteiger partial charge >= 0.3 is 0 Å². The summed E-state index contributed by atoms with van der Waals surface area (Å²) in [7, 11) is 0. The first-order chi connectivity index (χ1) is 13.6. The molecule has 1 aromatic heterocycles. The molecule has 3 N–H and O–H groups in total. The lowest BCUT2D eigenvalue weighted by Crippen LogP contribution is -2.56. The van der Waals surface area contributed by atoms with Gasteiger partial charge in [-0.2, -0.15) is 0 Å². The Kier molecular flexibility index (Phi) is 6.41. The van der Waals surface area contributed by atoms with Crippen molar-refractivity contribution in [3.8, 4) is 0 Å². The van der Waals surface area contributed by atoms with Crippen LogP contribution in [0.4, 0.5) is 0 Å². The number of aromatic nitrogens is 2. The number of rotatable bonds is 9. The van der Waals surface area contributed by atoms with E-state index < -0.39 is 12.2 Å². The molecule has 2 aromatic rings. The molecule has 1 aromatic carbocycles. The Balaban J connectivity index is 1.72. The lowest BCUT2D eigenvalue weighted by Gasteiger charge is -2.32. The second kappa shape index (κ2) is 9.16. The van der Waals surface area contributed by atoms with E-state index in [1.165, 1.54) is 11.2 Å². The van der Waals surface area contributed by atoms with E-state index in [1.54, 1.807) is 6.20 Å². The van der Waals surface area contributed by atoms with Crippen LogP contribution < -0.4 is 10.6 Å². The number of aromatic amines is 1. The first-order valence-corrected chi connectivity index (χ1v) is 9.40. The minimum atomic E-state index is -0.750. The van der Waals surface area contributed by atoms with Crippen LogP contribution in [0.5, 0.6) is 0 Å². The SMILES string of the molecule is CC(Cc1ccccc1)NC(=O)C(Cc1cnc[nH]1)N(C=O)C1CCC(=O)N1. The fourth-order valence-electron chi connectivity index (χ4n) is 3.48. The molecular weight excluding hydrogens is 358 g/mol. The van der Waals surface area contributed by atoms with Crippen LogP contribution >= 0.6 is 0 Å². The highest BCUT2D eigenvalue weighted by molar-refractivity contribution is 5.85. The zero-order valence-electron chi connectivity index (χ0n) is 15.8. The fourth-order valence-corrected chi connectivity index (χ4v) is 3.48. The number of nitrogens with one attached hydrogen (secondary N) is 3. The molecule has 1 aliphatic rings. The third-order valence-electron chi connectivity index (χ3n) is 4.86. The van der Waals surface area contributed by atoms with Crippen LogP contribution in [-0.2, 0) is 27.2 Å². The van der Waals surface area contributed by atoms with E-state index >= 15 is 0 Å². The first-order valence-electron chi connectivity index (χ1n) is 9.40. The molecule has 0 saturated carbocycles. The molecule has 0 bridgehead atoms. The quantitative estimate of drug-likeness (QED) is 0.556. The van der Waals surface area contributed by atoms with E-state index in [-0.39, 0.29) is 24.3 Å². The van der Waals surface area contributed by atoms with E-state index in [1.807, 2.05) is 37.3 Å². The minimum absolute atomic E-state index is 0.106. The van der Waals surface area contributed by atoms with Crippen molar-refractivity contribution in [1.29, 1.82) is 0 Å². The second-order valence-electron chi connectivity index (χ2n) is 7.07. The number of amides is 3. The largest absolute Gasteiger partial charge is 0.352 e. The highest BCUT2D eigenvalue weighted by Crippen LogP contribution is 2.16. The molecular formula is C20H25N5O3. The van der Waals surface area contributed by atoms with E-state index in [0.717, 1.165) is 11.3 Å². The number of H-pyrrole nitrogens is 1. The number of carbonyl (C=O) groups excluding carboxylic acids is 3. The van der Waals surface area contributed by atoms with Crippen LogP contribution in [0.15, 0.2) is 42.9 Å². The van der Waals surface area contributed by atoms with Crippen molar-refractivity contribution in [1.82, 2.24) is 25.5 Å². The van der Waals surface area contributed by atoms with Crippen molar-refractivity contribution in [3.63, 3.8) is 0 Å². The molecule has 1 aliphatic heterocycles. The predicted octanol–water partition coefficient (Wildman–Crippen LogP) is 0.763. The molecule has 3 amide bonds.